The summed E-state index contributed by atoms with van der Waals surface area (Å²) in [6, 6.07) is 21.8. The Morgan fingerprint density at radius 3 is 2.41 bits per heavy atom. The number of sulfonamides is 1. The van der Waals surface area contributed by atoms with E-state index in [1.54, 1.807) is 31.4 Å². The lowest BCUT2D eigenvalue weighted by Gasteiger charge is -2.36. The topological polar surface area (TPSA) is 87.7 Å². The first-order valence-electron chi connectivity index (χ1n) is 12.0. The van der Waals surface area contributed by atoms with Gasteiger partial charge in [0.1, 0.15) is 17.4 Å². The number of hydrogen-bond acceptors (Lipinski definition) is 7. The van der Waals surface area contributed by atoms with Crippen LogP contribution in [0.4, 0.5) is 11.5 Å². The van der Waals surface area contributed by atoms with Crippen molar-refractivity contribution in [1.29, 1.82) is 0 Å². The molecule has 1 aliphatic rings. The van der Waals surface area contributed by atoms with Gasteiger partial charge in [-0.1, -0.05) is 29.8 Å². The first kappa shape index (κ1) is 25.4. The molecule has 1 aromatic heterocycles. The van der Waals surface area contributed by atoms with Crippen molar-refractivity contribution in [2.75, 3.05) is 38.6 Å². The van der Waals surface area contributed by atoms with Gasteiger partial charge in [-0.05, 0) is 55.5 Å². The summed E-state index contributed by atoms with van der Waals surface area (Å²) in [5.74, 6) is 2.14. The van der Waals surface area contributed by atoms with Gasteiger partial charge in [0.2, 0.25) is 10.0 Å². The zero-order chi connectivity index (χ0) is 26.0. The summed E-state index contributed by atoms with van der Waals surface area (Å²) >= 11 is 5.93. The van der Waals surface area contributed by atoms with Gasteiger partial charge in [-0.2, -0.15) is 4.31 Å². The molecular formula is C27H28ClN5O3S. The molecule has 0 saturated carbocycles. The summed E-state index contributed by atoms with van der Waals surface area (Å²) in [6.45, 7) is 3.98. The molecule has 0 amide bonds. The van der Waals surface area contributed by atoms with E-state index in [0.29, 0.717) is 42.8 Å². The number of halogens is 1. The maximum absolute atomic E-state index is 13.1. The quantitative estimate of drug-likeness (QED) is 0.351. The number of fused-ring (bicyclic) bond motifs is 1. The molecule has 2 heterocycles. The molecular weight excluding hydrogens is 510 g/mol. The van der Waals surface area contributed by atoms with Gasteiger partial charge in [-0.3, -0.25) is 4.90 Å². The van der Waals surface area contributed by atoms with Crippen LogP contribution in [-0.2, 0) is 10.0 Å². The molecule has 8 nitrogen and oxygen atoms in total. The first-order valence-corrected chi connectivity index (χ1v) is 13.8. The van der Waals surface area contributed by atoms with Crippen LogP contribution in [0.2, 0.25) is 5.02 Å². The van der Waals surface area contributed by atoms with Gasteiger partial charge in [0.15, 0.2) is 0 Å². The van der Waals surface area contributed by atoms with E-state index in [1.165, 1.54) is 4.31 Å². The van der Waals surface area contributed by atoms with Crippen molar-refractivity contribution in [2.24, 2.45) is 0 Å². The van der Waals surface area contributed by atoms with E-state index in [-0.39, 0.29) is 10.9 Å². The summed E-state index contributed by atoms with van der Waals surface area (Å²) in [4.78, 5) is 12.2. The van der Waals surface area contributed by atoms with Crippen molar-refractivity contribution in [1.82, 2.24) is 19.2 Å². The van der Waals surface area contributed by atoms with E-state index in [0.717, 1.165) is 22.3 Å². The van der Waals surface area contributed by atoms with Gasteiger partial charge in [0.25, 0.3) is 0 Å². The summed E-state index contributed by atoms with van der Waals surface area (Å²) in [7, 11) is -1.93. The second kappa shape index (κ2) is 10.6. The summed E-state index contributed by atoms with van der Waals surface area (Å²) in [5.41, 5.74) is 1.71. The third kappa shape index (κ3) is 5.40. The minimum Gasteiger partial charge on any atom is -0.497 e. The van der Waals surface area contributed by atoms with Crippen molar-refractivity contribution in [2.45, 2.75) is 17.9 Å². The molecule has 1 fully saturated rings. The number of piperazine rings is 1. The van der Waals surface area contributed by atoms with Gasteiger partial charge in [0, 0.05) is 48.3 Å². The number of aromatic nitrogens is 2. The number of benzene rings is 3. The number of para-hydroxylation sites is 1. The van der Waals surface area contributed by atoms with E-state index >= 15 is 0 Å². The van der Waals surface area contributed by atoms with E-state index in [4.69, 9.17) is 26.3 Å². The van der Waals surface area contributed by atoms with Gasteiger partial charge in [-0.15, -0.1) is 0 Å². The fourth-order valence-electron chi connectivity index (χ4n) is 4.46. The predicted molar refractivity (Wildman–Crippen MR) is 146 cm³/mol. The van der Waals surface area contributed by atoms with Gasteiger partial charge in [-0.25, -0.2) is 18.4 Å². The summed E-state index contributed by atoms with van der Waals surface area (Å²) in [5, 5.41) is 4.85. The highest BCUT2D eigenvalue weighted by Crippen LogP contribution is 2.29. The minimum atomic E-state index is -3.57. The standard InChI is InChI=1S/C27H28ClN5O3S/c1-19(32-14-16-33(17-15-32)37(34,35)23-12-10-20(28)11-13-23)26-30-25-9-4-3-8-24(25)27(31-26)29-21-6-5-7-22(18-21)36-2/h3-13,18-19H,14-17H2,1-2H3,(H,29,30,31)/t19-/m0/s1. The fourth-order valence-corrected chi connectivity index (χ4v) is 6.01. The van der Waals surface area contributed by atoms with E-state index in [2.05, 4.69) is 17.1 Å². The summed E-state index contributed by atoms with van der Waals surface area (Å²) in [6.07, 6.45) is 0. The molecule has 5 rings (SSSR count). The van der Waals surface area contributed by atoms with E-state index in [9.17, 15) is 8.42 Å². The van der Waals surface area contributed by atoms with Crippen LogP contribution in [0.25, 0.3) is 10.9 Å². The van der Waals surface area contributed by atoms with Crippen LogP contribution in [0.3, 0.4) is 0 Å². The Morgan fingerprint density at radius 1 is 0.946 bits per heavy atom. The van der Waals surface area contributed by atoms with Gasteiger partial charge >= 0.3 is 0 Å². The van der Waals surface area contributed by atoms with E-state index in [1.807, 2.05) is 48.5 Å². The molecule has 1 atom stereocenters. The lowest BCUT2D eigenvalue weighted by atomic mass is 10.2. The fraction of sp³-hybridized carbons (Fsp3) is 0.259. The van der Waals surface area contributed by atoms with Gasteiger partial charge < -0.3 is 10.1 Å². The zero-order valence-corrected chi connectivity index (χ0v) is 22.2. The monoisotopic (exact) mass is 537 g/mol. The van der Waals surface area contributed by atoms with Crippen LogP contribution in [0.5, 0.6) is 5.75 Å². The SMILES string of the molecule is COc1cccc(Nc2nc([C@H](C)N3CCN(S(=O)(=O)c4ccc(Cl)cc4)CC3)nc3ccccc23)c1. The largest absolute Gasteiger partial charge is 0.497 e. The van der Waals surface area contributed by atoms with Crippen molar-refractivity contribution in [3.8, 4) is 5.75 Å². The maximum Gasteiger partial charge on any atom is 0.243 e. The van der Waals surface area contributed by atoms with Crippen LogP contribution in [0.1, 0.15) is 18.8 Å². The van der Waals surface area contributed by atoms with Crippen molar-refractivity contribution < 1.29 is 13.2 Å². The van der Waals surface area contributed by atoms with Crippen LogP contribution in [-0.4, -0.2) is 60.9 Å². The number of ether oxygens (including phenoxy) is 1. The highest BCUT2D eigenvalue weighted by molar-refractivity contribution is 7.89. The Balaban J connectivity index is 1.36. The molecule has 0 aliphatic carbocycles. The smallest absolute Gasteiger partial charge is 0.243 e. The van der Waals surface area contributed by atoms with Crippen LogP contribution < -0.4 is 10.1 Å². The Kier molecular flexibility index (Phi) is 7.30. The molecule has 1 aliphatic heterocycles. The number of anilines is 2. The van der Waals surface area contributed by atoms with Crippen molar-refractivity contribution in [3.05, 3.63) is 83.6 Å². The maximum atomic E-state index is 13.1. The van der Waals surface area contributed by atoms with Crippen LogP contribution in [0, 0.1) is 0 Å². The number of nitrogens with zero attached hydrogens (tertiary/aromatic N) is 4. The number of nitrogens with one attached hydrogen (secondary N) is 1. The Hall–Kier alpha value is -3.24. The van der Waals surface area contributed by atoms with Crippen molar-refractivity contribution >= 4 is 44.0 Å². The number of hydrogen-bond donors (Lipinski definition) is 1. The zero-order valence-electron chi connectivity index (χ0n) is 20.6. The normalized spacial score (nSPS) is 16.0. The molecule has 192 valence electrons. The van der Waals surface area contributed by atoms with Gasteiger partial charge in [0.05, 0.1) is 23.6 Å². The third-order valence-corrected chi connectivity index (χ3v) is 8.76. The Bertz CT molecular complexity index is 1510. The lowest BCUT2D eigenvalue weighted by Crippen LogP contribution is -2.49. The molecule has 4 aromatic rings. The molecule has 3 aromatic carbocycles. The average Bonchev–Trinajstić information content (AvgIpc) is 2.93. The van der Waals surface area contributed by atoms with Crippen molar-refractivity contribution in [3.63, 3.8) is 0 Å². The molecule has 10 heteroatoms. The van der Waals surface area contributed by atoms with Crippen LogP contribution in [0.15, 0.2) is 77.7 Å². The average molecular weight is 538 g/mol. The molecule has 37 heavy (non-hydrogen) atoms. The lowest BCUT2D eigenvalue weighted by molar-refractivity contribution is 0.141. The molecule has 0 bridgehead atoms. The second-order valence-electron chi connectivity index (χ2n) is 8.87. The summed E-state index contributed by atoms with van der Waals surface area (Å²) < 4.78 is 33.0. The first-order chi connectivity index (χ1) is 17.8. The van der Waals surface area contributed by atoms with Crippen LogP contribution >= 0.6 is 11.6 Å². The number of methoxy groups -OCH3 is 1. The third-order valence-electron chi connectivity index (χ3n) is 6.60. The molecule has 1 N–H and O–H groups in total. The number of rotatable bonds is 7. The molecule has 0 unspecified atom stereocenters. The van der Waals surface area contributed by atoms with E-state index < -0.39 is 10.0 Å². The molecule has 0 radical (unpaired) electrons. The Labute approximate surface area is 221 Å². The predicted octanol–water partition coefficient (Wildman–Crippen LogP) is 5.10. The highest BCUT2D eigenvalue weighted by Gasteiger charge is 2.31. The second-order valence-corrected chi connectivity index (χ2v) is 11.2. The molecule has 1 saturated heterocycles. The Morgan fingerprint density at radius 2 is 1.68 bits per heavy atom. The minimum absolute atomic E-state index is 0.101. The molecule has 0 spiro atoms. The highest BCUT2D eigenvalue weighted by atomic mass is 35.5.